The summed E-state index contributed by atoms with van der Waals surface area (Å²) in [4.78, 5) is 32.3. The normalized spacial score (nSPS) is 11.2. The van der Waals surface area contributed by atoms with Crippen LogP contribution in [0.15, 0.2) is 60.8 Å². The minimum absolute atomic E-state index is 0.199. The Labute approximate surface area is 219 Å². The molecule has 194 valence electrons. The van der Waals surface area contributed by atoms with Crippen LogP contribution in [0.25, 0.3) is 0 Å². The van der Waals surface area contributed by atoms with Gasteiger partial charge in [-0.15, -0.1) is 0 Å². The number of aromatic nitrogens is 2. The quantitative estimate of drug-likeness (QED) is 0.185. The average molecular weight is 544 g/mol. The molecule has 0 saturated carbocycles. The number of anilines is 5. The Balaban J connectivity index is 1.83. The molecule has 0 saturated heterocycles. The van der Waals surface area contributed by atoms with Gasteiger partial charge in [-0.2, -0.15) is 4.98 Å². The maximum Gasteiger partial charge on any atom is 0.330 e. The molecule has 12 heteroatoms. The third kappa shape index (κ3) is 7.80. The van der Waals surface area contributed by atoms with Gasteiger partial charge in [0.15, 0.2) is 5.82 Å². The van der Waals surface area contributed by atoms with E-state index in [9.17, 15) is 14.2 Å². The molecular formula is C25H27ClN5O5P. The van der Waals surface area contributed by atoms with Crippen LogP contribution in [0.1, 0.15) is 6.92 Å². The van der Waals surface area contributed by atoms with Crippen molar-refractivity contribution in [3.63, 3.8) is 0 Å². The molecule has 10 nitrogen and oxygen atoms in total. The first-order chi connectivity index (χ1) is 17.6. The number of hydrogen-bond donors (Lipinski definition) is 3. The van der Waals surface area contributed by atoms with E-state index in [-0.39, 0.29) is 17.6 Å². The molecule has 1 aromatic heterocycles. The van der Waals surface area contributed by atoms with Crippen molar-refractivity contribution in [2.45, 2.75) is 6.92 Å². The van der Waals surface area contributed by atoms with Crippen LogP contribution in [0.4, 0.5) is 28.8 Å². The highest BCUT2D eigenvalue weighted by atomic mass is 35.5. The van der Waals surface area contributed by atoms with E-state index >= 15 is 0 Å². The largest absolute Gasteiger partial charge is 0.495 e. The molecule has 0 fully saturated rings. The van der Waals surface area contributed by atoms with E-state index < -0.39 is 19.0 Å². The van der Waals surface area contributed by atoms with Crippen LogP contribution in [0.2, 0.25) is 5.02 Å². The number of carbonyl (C=O) groups excluding carboxylic acids is 2. The van der Waals surface area contributed by atoms with E-state index in [0.717, 1.165) is 12.2 Å². The second-order valence-corrected chi connectivity index (χ2v) is 11.6. The zero-order valence-corrected chi connectivity index (χ0v) is 22.4. The molecular weight excluding hydrogens is 517 g/mol. The van der Waals surface area contributed by atoms with Crippen molar-refractivity contribution in [1.29, 1.82) is 0 Å². The van der Waals surface area contributed by atoms with Gasteiger partial charge in [0.05, 0.1) is 31.3 Å². The Kier molecular flexibility index (Phi) is 9.27. The highest BCUT2D eigenvalue weighted by molar-refractivity contribution is 7.70. The number of ether oxygens (including phenoxy) is 2. The van der Waals surface area contributed by atoms with Crippen LogP contribution in [-0.4, -0.2) is 48.9 Å². The van der Waals surface area contributed by atoms with Crippen LogP contribution in [0.3, 0.4) is 0 Å². The van der Waals surface area contributed by atoms with Gasteiger partial charge in [0.25, 0.3) is 0 Å². The summed E-state index contributed by atoms with van der Waals surface area (Å²) in [6.07, 6.45) is 3.56. The average Bonchev–Trinajstić information content (AvgIpc) is 2.85. The number of nitrogens with one attached hydrogen (secondary N) is 3. The number of para-hydroxylation sites is 1. The first kappa shape index (κ1) is 27.7. The van der Waals surface area contributed by atoms with E-state index in [0.29, 0.717) is 33.9 Å². The number of halogens is 1. The fraction of sp³-hybridized carbons (Fsp3) is 0.200. The number of esters is 1. The molecule has 3 rings (SSSR count). The Morgan fingerprint density at radius 1 is 1.08 bits per heavy atom. The summed E-state index contributed by atoms with van der Waals surface area (Å²) in [5, 5.41) is 9.80. The monoisotopic (exact) mass is 543 g/mol. The lowest BCUT2D eigenvalue weighted by Crippen LogP contribution is -2.11. The van der Waals surface area contributed by atoms with Crippen LogP contribution in [-0.2, 0) is 18.9 Å². The van der Waals surface area contributed by atoms with Crippen molar-refractivity contribution in [1.82, 2.24) is 9.97 Å². The molecule has 2 aromatic carbocycles. The SMILES string of the molecule is CCOC(=O)C=CC(=O)Nc1ccc(OC)c(Nc2ncc(Cl)c(Nc3ccccc3P(C)(C)=O)n2)c1. The van der Waals surface area contributed by atoms with Crippen LogP contribution in [0.5, 0.6) is 5.75 Å². The summed E-state index contributed by atoms with van der Waals surface area (Å²) in [7, 11) is -1.06. The summed E-state index contributed by atoms with van der Waals surface area (Å²) >= 11 is 6.33. The molecule has 0 bridgehead atoms. The Hall–Kier alpha value is -3.88. The maximum absolute atomic E-state index is 12.7. The van der Waals surface area contributed by atoms with Gasteiger partial charge in [-0.3, -0.25) is 4.79 Å². The molecule has 0 aliphatic carbocycles. The molecule has 1 heterocycles. The third-order valence-corrected chi connectivity index (χ3v) is 6.68. The van der Waals surface area contributed by atoms with Crippen molar-refractivity contribution in [2.75, 3.05) is 43.0 Å². The minimum Gasteiger partial charge on any atom is -0.495 e. The molecule has 1 amide bonds. The van der Waals surface area contributed by atoms with Crippen molar-refractivity contribution in [2.24, 2.45) is 0 Å². The molecule has 3 aromatic rings. The standard InChI is InChI=1S/C25H27ClN5O5P/c1-5-36-23(33)13-12-22(32)28-16-10-11-20(35-2)19(14-16)30-25-27-15-17(26)24(31-25)29-18-8-6-7-9-21(18)37(3,4)34/h6-15H,5H2,1-4H3,(H,28,32)(H2,27,29,30,31). The predicted octanol–water partition coefficient (Wildman–Crippen LogP) is 4.93. The van der Waals surface area contributed by atoms with E-state index in [1.54, 1.807) is 50.6 Å². The van der Waals surface area contributed by atoms with E-state index in [1.807, 2.05) is 12.1 Å². The molecule has 37 heavy (non-hydrogen) atoms. The first-order valence-corrected chi connectivity index (χ1v) is 14.1. The lowest BCUT2D eigenvalue weighted by molar-refractivity contribution is -0.137. The fourth-order valence-corrected chi connectivity index (χ4v) is 4.51. The van der Waals surface area contributed by atoms with Crippen LogP contribution in [0, 0.1) is 0 Å². The first-order valence-electron chi connectivity index (χ1n) is 11.2. The van der Waals surface area contributed by atoms with Gasteiger partial charge in [-0.05, 0) is 50.6 Å². The lowest BCUT2D eigenvalue weighted by atomic mass is 10.2. The fourth-order valence-electron chi connectivity index (χ4n) is 3.21. The van der Waals surface area contributed by atoms with Crippen LogP contribution < -0.4 is 26.0 Å². The number of hydrogen-bond acceptors (Lipinski definition) is 9. The van der Waals surface area contributed by atoms with Gasteiger partial charge >= 0.3 is 5.97 Å². The number of methoxy groups -OCH3 is 1. The number of carbonyl (C=O) groups is 2. The summed E-state index contributed by atoms with van der Waals surface area (Å²) < 4.78 is 22.9. The van der Waals surface area contributed by atoms with E-state index in [2.05, 4.69) is 25.9 Å². The van der Waals surface area contributed by atoms with E-state index in [4.69, 9.17) is 21.1 Å². The topological polar surface area (TPSA) is 132 Å². The van der Waals surface area contributed by atoms with Gasteiger partial charge in [0.1, 0.15) is 17.9 Å². The smallest absolute Gasteiger partial charge is 0.330 e. The number of benzene rings is 2. The Morgan fingerprint density at radius 2 is 1.84 bits per heavy atom. The minimum atomic E-state index is -2.56. The van der Waals surface area contributed by atoms with Crippen molar-refractivity contribution in [3.8, 4) is 5.75 Å². The van der Waals surface area contributed by atoms with Gasteiger partial charge in [0, 0.05) is 23.1 Å². The van der Waals surface area contributed by atoms with Gasteiger partial charge in [-0.1, -0.05) is 23.7 Å². The van der Waals surface area contributed by atoms with Crippen molar-refractivity contribution >= 4 is 64.8 Å². The predicted molar refractivity (Wildman–Crippen MR) is 147 cm³/mol. The van der Waals surface area contributed by atoms with Gasteiger partial charge in [0.2, 0.25) is 11.9 Å². The molecule has 0 atom stereocenters. The molecule has 0 aliphatic rings. The summed E-state index contributed by atoms with van der Waals surface area (Å²) in [6, 6.07) is 12.1. The Morgan fingerprint density at radius 3 is 2.54 bits per heavy atom. The number of rotatable bonds is 10. The summed E-state index contributed by atoms with van der Waals surface area (Å²) in [5.41, 5.74) is 1.53. The third-order valence-electron chi connectivity index (χ3n) is 4.85. The molecule has 0 unspecified atom stereocenters. The zero-order valence-electron chi connectivity index (χ0n) is 20.7. The second kappa shape index (κ2) is 12.4. The zero-order chi connectivity index (χ0) is 27.0. The lowest BCUT2D eigenvalue weighted by Gasteiger charge is -2.16. The highest BCUT2D eigenvalue weighted by Gasteiger charge is 2.17. The van der Waals surface area contributed by atoms with E-state index in [1.165, 1.54) is 13.3 Å². The second-order valence-electron chi connectivity index (χ2n) is 8.00. The highest BCUT2D eigenvalue weighted by Crippen LogP contribution is 2.39. The summed E-state index contributed by atoms with van der Waals surface area (Å²) in [5.74, 6) is -0.142. The Bertz CT molecular complexity index is 1380. The van der Waals surface area contributed by atoms with Gasteiger partial charge < -0.3 is 30.0 Å². The van der Waals surface area contributed by atoms with Crippen LogP contribution >= 0.6 is 18.7 Å². The molecule has 0 spiro atoms. The maximum atomic E-state index is 12.7. The number of amides is 1. The van der Waals surface area contributed by atoms with Crippen molar-refractivity contribution < 1.29 is 23.6 Å². The molecule has 3 N–H and O–H groups in total. The van der Waals surface area contributed by atoms with Gasteiger partial charge in [-0.25, -0.2) is 9.78 Å². The molecule has 0 radical (unpaired) electrons. The van der Waals surface area contributed by atoms with Crippen molar-refractivity contribution in [3.05, 3.63) is 65.8 Å². The molecule has 0 aliphatic heterocycles. The number of nitrogens with zero attached hydrogens (tertiary/aromatic N) is 2. The summed E-state index contributed by atoms with van der Waals surface area (Å²) in [6.45, 7) is 5.26.